The Morgan fingerprint density at radius 1 is 0.737 bits per heavy atom. The van der Waals surface area contributed by atoms with E-state index in [1.54, 1.807) is 24.3 Å². The fraction of sp³-hybridized carbons (Fsp3) is 0. The minimum atomic E-state index is -0.395. The fourth-order valence-electron chi connectivity index (χ4n) is 2.29. The summed E-state index contributed by atoms with van der Waals surface area (Å²) in [5.41, 5.74) is 0.685. The van der Waals surface area contributed by atoms with Crippen molar-refractivity contribution in [3.05, 3.63) is 64.7 Å². The molecular weight excluding hydrogens is 246 g/mol. The lowest BCUT2D eigenvalue weighted by molar-refractivity contribution is 0.0285. The summed E-state index contributed by atoms with van der Waals surface area (Å²) in [5, 5.41) is 18.2. The molecule has 2 aromatic carbocycles. The monoisotopic (exact) mass is 255 g/mol. The Labute approximate surface area is 108 Å². The Kier molecular flexibility index (Phi) is 2.45. The average Bonchev–Trinajstić information content (AvgIpc) is 2.44. The van der Waals surface area contributed by atoms with Crippen LogP contribution in [0.25, 0.3) is 0 Å². The summed E-state index contributed by atoms with van der Waals surface area (Å²) in [6, 6.07) is 10.8. The number of carbonyl (C=O) groups excluding carboxylic acids is 2. The quantitative estimate of drug-likeness (QED) is 0.651. The van der Waals surface area contributed by atoms with Crippen molar-refractivity contribution in [2.45, 2.75) is 0 Å². The van der Waals surface area contributed by atoms with Crippen molar-refractivity contribution in [3.8, 4) is 0 Å². The summed E-state index contributed by atoms with van der Waals surface area (Å²) >= 11 is 0. The second kappa shape index (κ2) is 4.01. The van der Waals surface area contributed by atoms with Crippen LogP contribution in [0, 0.1) is 0 Å². The highest BCUT2D eigenvalue weighted by atomic mass is 16.8. The second-order valence-corrected chi connectivity index (χ2v) is 4.19. The van der Waals surface area contributed by atoms with Crippen LogP contribution >= 0.6 is 0 Å². The third kappa shape index (κ3) is 1.56. The van der Waals surface area contributed by atoms with E-state index < -0.39 is 5.78 Å². The van der Waals surface area contributed by atoms with Gasteiger partial charge in [-0.05, 0) is 6.07 Å². The molecule has 2 aromatic rings. The lowest BCUT2D eigenvalue weighted by Crippen LogP contribution is -2.24. The van der Waals surface area contributed by atoms with Gasteiger partial charge in [-0.15, -0.1) is 5.23 Å². The standard InChI is InChI=1S/C14H9NO4/c16-13-8-4-1-2-5-9(8)14(17)12-10(13)6-3-7-11(12)15(18)19/h1-7,18-19H. The van der Waals surface area contributed by atoms with Crippen molar-refractivity contribution in [1.82, 2.24) is 0 Å². The third-order valence-corrected chi connectivity index (χ3v) is 3.15. The van der Waals surface area contributed by atoms with Gasteiger partial charge in [0.1, 0.15) is 5.69 Å². The summed E-state index contributed by atoms with van der Waals surface area (Å²) in [6.07, 6.45) is 0. The predicted molar refractivity (Wildman–Crippen MR) is 65.8 cm³/mol. The zero-order valence-corrected chi connectivity index (χ0v) is 9.70. The van der Waals surface area contributed by atoms with Gasteiger partial charge in [-0.2, -0.15) is 0 Å². The van der Waals surface area contributed by atoms with Gasteiger partial charge in [0.05, 0.1) is 5.56 Å². The molecule has 5 nitrogen and oxygen atoms in total. The van der Waals surface area contributed by atoms with Crippen LogP contribution in [0.5, 0.6) is 0 Å². The molecule has 0 unspecified atom stereocenters. The first kappa shape index (κ1) is 11.6. The lowest BCUT2D eigenvalue weighted by atomic mass is 9.83. The van der Waals surface area contributed by atoms with Gasteiger partial charge in [0.2, 0.25) is 0 Å². The van der Waals surface area contributed by atoms with Crippen LogP contribution in [-0.2, 0) is 0 Å². The molecule has 2 N–H and O–H groups in total. The molecule has 1 aliphatic rings. The fourth-order valence-corrected chi connectivity index (χ4v) is 2.29. The molecule has 5 heteroatoms. The molecule has 3 rings (SSSR count). The van der Waals surface area contributed by atoms with Crippen LogP contribution in [-0.4, -0.2) is 22.0 Å². The van der Waals surface area contributed by atoms with Crippen molar-refractivity contribution in [1.29, 1.82) is 0 Å². The molecule has 0 aromatic heterocycles. The summed E-state index contributed by atoms with van der Waals surface area (Å²) in [4.78, 5) is 24.7. The molecule has 0 amide bonds. The van der Waals surface area contributed by atoms with Crippen LogP contribution in [0.4, 0.5) is 5.69 Å². The van der Waals surface area contributed by atoms with Gasteiger partial charge in [-0.1, -0.05) is 36.4 Å². The van der Waals surface area contributed by atoms with Gasteiger partial charge in [0, 0.05) is 16.7 Å². The Morgan fingerprint density at radius 3 is 1.95 bits per heavy atom. The normalized spacial score (nSPS) is 12.9. The number of fused-ring (bicyclic) bond motifs is 2. The SMILES string of the molecule is O=C1c2ccccc2C(=O)c2c1cccc2N(O)O. The van der Waals surface area contributed by atoms with E-state index in [1.807, 2.05) is 0 Å². The molecular formula is C14H9NO4. The minimum absolute atomic E-state index is 0.0104. The zero-order valence-electron chi connectivity index (χ0n) is 9.70. The van der Waals surface area contributed by atoms with Crippen LogP contribution in [0.1, 0.15) is 31.8 Å². The Morgan fingerprint density at radius 2 is 1.32 bits per heavy atom. The van der Waals surface area contributed by atoms with Gasteiger partial charge < -0.3 is 0 Å². The summed E-state index contributed by atoms with van der Waals surface area (Å²) in [6.45, 7) is 0. The van der Waals surface area contributed by atoms with E-state index in [2.05, 4.69) is 0 Å². The van der Waals surface area contributed by atoms with Gasteiger partial charge >= 0.3 is 0 Å². The van der Waals surface area contributed by atoms with Crippen LogP contribution in [0.2, 0.25) is 0 Å². The van der Waals surface area contributed by atoms with Crippen LogP contribution < -0.4 is 5.23 Å². The van der Waals surface area contributed by atoms with E-state index in [4.69, 9.17) is 10.4 Å². The van der Waals surface area contributed by atoms with Crippen molar-refractivity contribution < 1.29 is 20.0 Å². The predicted octanol–water partition coefficient (Wildman–Crippen LogP) is 2.05. The first-order valence-electron chi connectivity index (χ1n) is 5.60. The van der Waals surface area contributed by atoms with Crippen LogP contribution in [0.15, 0.2) is 42.5 Å². The van der Waals surface area contributed by atoms with E-state index >= 15 is 0 Å². The molecule has 94 valence electrons. The highest BCUT2D eigenvalue weighted by molar-refractivity contribution is 6.30. The molecule has 0 spiro atoms. The summed E-state index contributed by atoms with van der Waals surface area (Å²) < 4.78 is 0. The third-order valence-electron chi connectivity index (χ3n) is 3.15. The number of rotatable bonds is 1. The molecule has 0 saturated heterocycles. The first-order chi connectivity index (χ1) is 9.11. The summed E-state index contributed by atoms with van der Waals surface area (Å²) in [5.74, 6) is -0.692. The van der Waals surface area contributed by atoms with Gasteiger partial charge in [-0.3, -0.25) is 20.0 Å². The molecule has 0 heterocycles. The molecule has 1 aliphatic carbocycles. The van der Waals surface area contributed by atoms with Gasteiger partial charge in [0.25, 0.3) is 0 Å². The van der Waals surface area contributed by atoms with E-state index in [0.29, 0.717) is 5.56 Å². The number of ketones is 2. The first-order valence-corrected chi connectivity index (χ1v) is 5.60. The molecule has 0 atom stereocenters. The van der Waals surface area contributed by atoms with Gasteiger partial charge in [-0.25, -0.2) is 0 Å². The number of hydrogen-bond acceptors (Lipinski definition) is 5. The molecule has 0 bridgehead atoms. The number of carbonyl (C=O) groups is 2. The lowest BCUT2D eigenvalue weighted by Gasteiger charge is -2.21. The number of anilines is 1. The molecule has 0 aliphatic heterocycles. The van der Waals surface area contributed by atoms with Crippen molar-refractivity contribution in [2.24, 2.45) is 0 Å². The number of nitrogens with zero attached hydrogens (tertiary/aromatic N) is 1. The zero-order chi connectivity index (χ0) is 13.6. The Hall–Kier alpha value is -2.50. The molecule has 0 radical (unpaired) electrons. The molecule has 0 saturated carbocycles. The van der Waals surface area contributed by atoms with Gasteiger partial charge in [0.15, 0.2) is 11.6 Å². The van der Waals surface area contributed by atoms with E-state index in [-0.39, 0.29) is 33.4 Å². The highest BCUT2D eigenvalue weighted by Crippen LogP contribution is 2.32. The maximum atomic E-state index is 12.4. The second-order valence-electron chi connectivity index (χ2n) is 4.19. The topological polar surface area (TPSA) is 77.8 Å². The molecule has 0 fully saturated rings. The average molecular weight is 255 g/mol. The minimum Gasteiger partial charge on any atom is -0.289 e. The van der Waals surface area contributed by atoms with Crippen LogP contribution in [0.3, 0.4) is 0 Å². The van der Waals surface area contributed by atoms with Crippen molar-refractivity contribution in [2.75, 3.05) is 5.23 Å². The smallest absolute Gasteiger partial charge is 0.196 e. The maximum absolute atomic E-state index is 12.4. The van der Waals surface area contributed by atoms with E-state index in [0.717, 1.165) is 0 Å². The van der Waals surface area contributed by atoms with E-state index in [9.17, 15) is 9.59 Å². The molecule has 19 heavy (non-hydrogen) atoms. The Bertz CT molecular complexity index is 706. The maximum Gasteiger partial charge on any atom is 0.196 e. The summed E-state index contributed by atoms with van der Waals surface area (Å²) in [7, 11) is 0. The van der Waals surface area contributed by atoms with E-state index in [1.165, 1.54) is 18.2 Å². The highest BCUT2D eigenvalue weighted by Gasteiger charge is 2.32. The van der Waals surface area contributed by atoms with Crippen molar-refractivity contribution >= 4 is 17.3 Å². The largest absolute Gasteiger partial charge is 0.289 e. The Balaban J connectivity index is 2.33. The number of hydrogen-bond donors (Lipinski definition) is 2. The van der Waals surface area contributed by atoms with Crippen molar-refractivity contribution in [3.63, 3.8) is 0 Å². The number of benzene rings is 2.